The first-order valence-electron chi connectivity index (χ1n) is 9.71. The Hall–Kier alpha value is -2.29. The van der Waals surface area contributed by atoms with Crippen molar-refractivity contribution >= 4 is 30.0 Å². The van der Waals surface area contributed by atoms with E-state index < -0.39 is 6.04 Å². The molecule has 9 heteroatoms. The highest BCUT2D eigenvalue weighted by Crippen LogP contribution is 2.22. The highest BCUT2D eigenvalue weighted by molar-refractivity contribution is 6.21. The van der Waals surface area contributed by atoms with Crippen molar-refractivity contribution in [1.82, 2.24) is 19.6 Å². The number of carbonyl (C=O) groups excluding carboxylic acids is 3. The van der Waals surface area contributed by atoms with Crippen molar-refractivity contribution in [3.05, 3.63) is 0 Å². The van der Waals surface area contributed by atoms with E-state index in [4.69, 9.17) is 0 Å². The molecule has 0 saturated carbocycles. The number of piperidine rings is 1. The summed E-state index contributed by atoms with van der Waals surface area (Å²) in [6, 6.07) is -0.495. The Kier molecular flexibility index (Phi) is 4.71. The van der Waals surface area contributed by atoms with Crippen molar-refractivity contribution in [2.24, 2.45) is 4.99 Å². The van der Waals surface area contributed by atoms with Gasteiger partial charge in [-0.05, 0) is 24.4 Å². The lowest BCUT2D eigenvalue weighted by atomic mass is 9.99. The fraction of sp³-hybridized carbons (Fsp3) is 0.722. The molecule has 3 saturated heterocycles. The van der Waals surface area contributed by atoms with Crippen molar-refractivity contribution in [3.8, 4) is 0 Å². The first kappa shape index (κ1) is 18.1. The second-order valence-electron chi connectivity index (χ2n) is 7.76. The fourth-order valence-electron chi connectivity index (χ4n) is 4.49. The van der Waals surface area contributed by atoms with Crippen LogP contribution in [0.15, 0.2) is 4.99 Å². The largest absolute Gasteiger partial charge is 0.340 e. The van der Waals surface area contributed by atoms with E-state index >= 15 is 0 Å². The normalized spacial score (nSPS) is 28.7. The molecule has 2 unspecified atom stereocenters. The lowest BCUT2D eigenvalue weighted by molar-refractivity contribution is -0.530. The van der Waals surface area contributed by atoms with Crippen molar-refractivity contribution in [3.63, 3.8) is 0 Å². The third-order valence-electron chi connectivity index (χ3n) is 6.17. The Bertz CT molecular complexity index is 733. The van der Waals surface area contributed by atoms with Gasteiger partial charge in [-0.2, -0.15) is 0 Å². The van der Waals surface area contributed by atoms with Crippen LogP contribution in [-0.4, -0.2) is 113 Å². The lowest BCUT2D eigenvalue weighted by Gasteiger charge is -2.44. The van der Waals surface area contributed by atoms with Crippen LogP contribution in [0.3, 0.4) is 0 Å². The van der Waals surface area contributed by atoms with Crippen LogP contribution < -0.4 is 0 Å². The number of urea groups is 1. The predicted molar refractivity (Wildman–Crippen MR) is 98.8 cm³/mol. The summed E-state index contributed by atoms with van der Waals surface area (Å²) in [6.45, 7) is 4.12. The average molecular weight is 375 g/mol. The molecule has 4 rings (SSSR count). The number of fused-ring (bicyclic) bond motifs is 2. The quantitative estimate of drug-likeness (QED) is 0.618. The Labute approximate surface area is 158 Å². The number of imide groups is 1. The van der Waals surface area contributed by atoms with E-state index in [0.29, 0.717) is 24.8 Å². The highest BCUT2D eigenvalue weighted by Gasteiger charge is 2.50. The average Bonchev–Trinajstić information content (AvgIpc) is 3.12. The summed E-state index contributed by atoms with van der Waals surface area (Å²) < 4.78 is 1.77. The molecule has 0 spiro atoms. The molecule has 0 radical (unpaired) electrons. The molecule has 0 N–H and O–H groups in total. The fourth-order valence-corrected chi connectivity index (χ4v) is 4.49. The molecule has 0 aromatic rings. The van der Waals surface area contributed by atoms with Crippen LogP contribution in [0.4, 0.5) is 4.79 Å². The molecule has 4 amide bonds. The summed E-state index contributed by atoms with van der Waals surface area (Å²) in [5.41, 5.74) is 0. The number of nitrogens with zero attached hydrogens (tertiary/aromatic N) is 6. The Morgan fingerprint density at radius 2 is 2.00 bits per heavy atom. The molecule has 4 heterocycles. The van der Waals surface area contributed by atoms with Crippen molar-refractivity contribution in [1.29, 1.82) is 0 Å². The van der Waals surface area contributed by atoms with Gasteiger partial charge in [0.2, 0.25) is 5.91 Å². The van der Waals surface area contributed by atoms with E-state index in [1.54, 1.807) is 18.0 Å². The van der Waals surface area contributed by atoms with Gasteiger partial charge in [-0.25, -0.2) is 9.37 Å². The minimum atomic E-state index is -0.610. The minimum Gasteiger partial charge on any atom is -0.340 e. The van der Waals surface area contributed by atoms with Crippen LogP contribution in [0.25, 0.3) is 0 Å². The summed E-state index contributed by atoms with van der Waals surface area (Å²) in [5.74, 6) is 0.267. The molecule has 9 nitrogen and oxygen atoms in total. The van der Waals surface area contributed by atoms with Crippen LogP contribution in [-0.2, 0) is 9.59 Å². The summed E-state index contributed by atoms with van der Waals surface area (Å²) >= 11 is 0. The second kappa shape index (κ2) is 7.03. The highest BCUT2D eigenvalue weighted by atomic mass is 16.2. The smallest absolute Gasteiger partial charge is 0.333 e. The Balaban J connectivity index is 1.35. The zero-order valence-electron chi connectivity index (χ0n) is 16.0. The number of likely N-dealkylation sites (N-methyl/N-ethyl adjacent to an activating group) is 2. The van der Waals surface area contributed by atoms with Gasteiger partial charge < -0.3 is 4.90 Å². The summed E-state index contributed by atoms with van der Waals surface area (Å²) in [5, 5.41) is 0. The number of hydrogen-bond donors (Lipinski definition) is 0. The van der Waals surface area contributed by atoms with Gasteiger partial charge in [-0.15, -0.1) is 0 Å². The van der Waals surface area contributed by atoms with Gasteiger partial charge >= 0.3 is 6.03 Å². The monoisotopic (exact) mass is 375 g/mol. The Morgan fingerprint density at radius 3 is 2.81 bits per heavy atom. The molecule has 0 aliphatic carbocycles. The van der Waals surface area contributed by atoms with Crippen LogP contribution in [0, 0.1) is 0 Å². The van der Waals surface area contributed by atoms with Gasteiger partial charge in [0, 0.05) is 39.8 Å². The van der Waals surface area contributed by atoms with Gasteiger partial charge in [0.1, 0.15) is 0 Å². The van der Waals surface area contributed by atoms with Crippen molar-refractivity contribution < 1.29 is 19.0 Å². The molecule has 3 fully saturated rings. The van der Waals surface area contributed by atoms with Crippen LogP contribution in [0.2, 0.25) is 0 Å². The third-order valence-corrected chi connectivity index (χ3v) is 6.17. The number of carbonyl (C=O) groups is 3. The van der Waals surface area contributed by atoms with E-state index in [1.165, 1.54) is 31.2 Å². The topological polar surface area (TPSA) is 79.5 Å². The van der Waals surface area contributed by atoms with E-state index in [9.17, 15) is 14.4 Å². The molecule has 4 aliphatic rings. The molecular formula is C18H27N6O3+. The van der Waals surface area contributed by atoms with E-state index in [1.807, 2.05) is 4.90 Å². The van der Waals surface area contributed by atoms with E-state index in [0.717, 1.165) is 31.1 Å². The summed E-state index contributed by atoms with van der Waals surface area (Å²) in [4.78, 5) is 48.5. The Morgan fingerprint density at radius 1 is 1.19 bits per heavy atom. The standard InChI is InChI=1S/C18H27N6O3/c1-20-16-15(17(26)21(2)18(20)27)24(12-19-16)8-6-14(25)23-10-9-22-7-4-3-5-13(22)11-23/h12-13,15H,3-11H2,1-2H3/q+1. The molecule has 27 heavy (non-hydrogen) atoms. The second-order valence-corrected chi connectivity index (χ2v) is 7.76. The van der Waals surface area contributed by atoms with Gasteiger partial charge in [-0.3, -0.25) is 24.3 Å². The van der Waals surface area contributed by atoms with Crippen LogP contribution >= 0.6 is 0 Å². The SMILES string of the molecule is CN1C(=O)C2C(=NC=[N+]2CCC(=O)N2CCN3CCCCC3C2)N(C)C1=O. The van der Waals surface area contributed by atoms with Crippen molar-refractivity contribution in [2.45, 2.75) is 37.8 Å². The first-order chi connectivity index (χ1) is 13.0. The summed E-state index contributed by atoms with van der Waals surface area (Å²) in [6.07, 6.45) is 5.60. The van der Waals surface area contributed by atoms with E-state index in [-0.39, 0.29) is 17.8 Å². The van der Waals surface area contributed by atoms with Crippen molar-refractivity contribution in [2.75, 3.05) is 46.8 Å². The van der Waals surface area contributed by atoms with Crippen LogP contribution in [0.5, 0.6) is 0 Å². The number of rotatable bonds is 3. The third kappa shape index (κ3) is 3.13. The molecule has 4 aliphatic heterocycles. The number of piperazine rings is 1. The molecular weight excluding hydrogens is 348 g/mol. The maximum absolute atomic E-state index is 12.7. The molecule has 146 valence electrons. The maximum Gasteiger partial charge on any atom is 0.333 e. The first-order valence-corrected chi connectivity index (χ1v) is 9.71. The number of amidine groups is 1. The maximum atomic E-state index is 12.7. The molecule has 0 bridgehead atoms. The van der Waals surface area contributed by atoms with Gasteiger partial charge in [-0.1, -0.05) is 6.42 Å². The number of amides is 4. The molecule has 0 aromatic heterocycles. The number of aliphatic imine (C=N–C) groups is 1. The zero-order valence-corrected chi connectivity index (χ0v) is 16.0. The van der Waals surface area contributed by atoms with Gasteiger partial charge in [0.25, 0.3) is 24.1 Å². The lowest BCUT2D eigenvalue weighted by Crippen LogP contribution is -2.61. The summed E-state index contributed by atoms with van der Waals surface area (Å²) in [7, 11) is 3.09. The van der Waals surface area contributed by atoms with E-state index in [2.05, 4.69) is 9.89 Å². The molecule has 0 aromatic carbocycles. The minimum absolute atomic E-state index is 0.128. The number of hydrogen-bond acceptors (Lipinski definition) is 5. The predicted octanol–water partition coefficient (Wildman–Crippen LogP) is -0.581. The van der Waals surface area contributed by atoms with Crippen LogP contribution in [0.1, 0.15) is 25.7 Å². The zero-order chi connectivity index (χ0) is 19.1. The molecule has 2 atom stereocenters. The van der Waals surface area contributed by atoms with Gasteiger partial charge in [0.05, 0.1) is 13.0 Å². The van der Waals surface area contributed by atoms with Gasteiger partial charge in [0.15, 0.2) is 0 Å².